The van der Waals surface area contributed by atoms with E-state index in [4.69, 9.17) is 11.6 Å². The summed E-state index contributed by atoms with van der Waals surface area (Å²) in [5.41, 5.74) is 0.877. The van der Waals surface area contributed by atoms with Crippen LogP contribution in [0.3, 0.4) is 0 Å². The standard InChI is InChI=1S/C19H21ClN6O3/c20-17-15(12-22-26(18(17)28)14-4-2-1-3-5-14)24-10-8-23(9-11-24)13-16(27)25-7-6-21-19(25)29/h1-5,12H,6-11,13H2,(H,21,29). The third-order valence-electron chi connectivity index (χ3n) is 5.13. The van der Waals surface area contributed by atoms with Gasteiger partial charge in [-0.15, -0.1) is 0 Å². The molecule has 1 N–H and O–H groups in total. The summed E-state index contributed by atoms with van der Waals surface area (Å²) in [6.07, 6.45) is 1.60. The van der Waals surface area contributed by atoms with Crippen LogP contribution >= 0.6 is 11.6 Å². The van der Waals surface area contributed by atoms with Gasteiger partial charge in [-0.2, -0.15) is 9.78 Å². The average Bonchev–Trinajstić information content (AvgIpc) is 3.17. The Kier molecular flexibility index (Phi) is 5.50. The lowest BCUT2D eigenvalue weighted by atomic mass is 10.2. The largest absolute Gasteiger partial charge is 0.366 e. The molecule has 4 rings (SSSR count). The highest BCUT2D eigenvalue weighted by molar-refractivity contribution is 6.33. The zero-order valence-electron chi connectivity index (χ0n) is 15.8. The summed E-state index contributed by atoms with van der Waals surface area (Å²) in [7, 11) is 0. The van der Waals surface area contributed by atoms with E-state index in [9.17, 15) is 14.4 Å². The molecular weight excluding hydrogens is 396 g/mol. The fourth-order valence-electron chi connectivity index (χ4n) is 3.53. The van der Waals surface area contributed by atoms with Crippen molar-refractivity contribution in [1.82, 2.24) is 24.9 Å². The molecule has 29 heavy (non-hydrogen) atoms. The van der Waals surface area contributed by atoms with E-state index in [0.717, 1.165) is 0 Å². The van der Waals surface area contributed by atoms with Crippen LogP contribution in [-0.4, -0.2) is 77.3 Å². The Hall–Kier alpha value is -2.91. The third kappa shape index (κ3) is 3.96. The third-order valence-corrected chi connectivity index (χ3v) is 5.49. The van der Waals surface area contributed by atoms with Crippen LogP contribution in [-0.2, 0) is 4.79 Å². The van der Waals surface area contributed by atoms with Crippen molar-refractivity contribution in [3.05, 3.63) is 51.9 Å². The fraction of sp³-hybridized carbons (Fsp3) is 0.368. The summed E-state index contributed by atoms with van der Waals surface area (Å²) in [5, 5.41) is 7.03. The highest BCUT2D eigenvalue weighted by Gasteiger charge is 2.29. The van der Waals surface area contributed by atoms with E-state index in [0.29, 0.717) is 50.6 Å². The molecule has 2 aromatic rings. The van der Waals surface area contributed by atoms with Crippen LogP contribution in [0.1, 0.15) is 0 Å². The highest BCUT2D eigenvalue weighted by atomic mass is 35.5. The first-order valence-electron chi connectivity index (χ1n) is 9.43. The van der Waals surface area contributed by atoms with Crippen LogP contribution in [0.5, 0.6) is 0 Å². The molecule has 3 heterocycles. The molecule has 0 unspecified atom stereocenters. The number of halogens is 1. The Morgan fingerprint density at radius 3 is 2.45 bits per heavy atom. The summed E-state index contributed by atoms with van der Waals surface area (Å²) in [6.45, 7) is 3.57. The van der Waals surface area contributed by atoms with Crippen LogP contribution < -0.4 is 15.8 Å². The van der Waals surface area contributed by atoms with Gasteiger partial charge in [-0.1, -0.05) is 29.8 Å². The molecule has 1 aromatic carbocycles. The molecule has 0 radical (unpaired) electrons. The lowest BCUT2D eigenvalue weighted by Crippen LogP contribution is -2.50. The van der Waals surface area contributed by atoms with Gasteiger partial charge in [0.25, 0.3) is 5.56 Å². The summed E-state index contributed by atoms with van der Waals surface area (Å²) >= 11 is 6.37. The summed E-state index contributed by atoms with van der Waals surface area (Å²) in [5.74, 6) is -0.196. The number of rotatable bonds is 4. The molecule has 2 saturated heterocycles. The van der Waals surface area contributed by atoms with Gasteiger partial charge in [-0.25, -0.2) is 4.79 Å². The van der Waals surface area contributed by atoms with Crippen LogP contribution in [0.4, 0.5) is 10.5 Å². The van der Waals surface area contributed by atoms with Gasteiger partial charge in [-0.05, 0) is 12.1 Å². The minimum Gasteiger partial charge on any atom is -0.366 e. The normalized spacial score (nSPS) is 17.5. The SMILES string of the molecule is O=C(CN1CCN(c2cnn(-c3ccccc3)c(=O)c2Cl)CC1)N1CCNC1=O. The minimum atomic E-state index is -0.368. The van der Waals surface area contributed by atoms with Crippen LogP contribution in [0.25, 0.3) is 5.69 Å². The van der Waals surface area contributed by atoms with Crippen molar-refractivity contribution < 1.29 is 9.59 Å². The van der Waals surface area contributed by atoms with Gasteiger partial charge in [-0.3, -0.25) is 19.4 Å². The van der Waals surface area contributed by atoms with Crippen molar-refractivity contribution in [2.75, 3.05) is 50.7 Å². The molecule has 0 spiro atoms. The number of anilines is 1. The van der Waals surface area contributed by atoms with Crippen molar-refractivity contribution in [2.24, 2.45) is 0 Å². The van der Waals surface area contributed by atoms with Crippen LogP contribution in [0.15, 0.2) is 41.3 Å². The van der Waals surface area contributed by atoms with Crippen LogP contribution in [0.2, 0.25) is 5.02 Å². The molecule has 2 fully saturated rings. The zero-order chi connectivity index (χ0) is 20.4. The number of piperazine rings is 1. The summed E-state index contributed by atoms with van der Waals surface area (Å²) in [6, 6.07) is 8.78. The molecule has 2 aliphatic heterocycles. The first-order valence-corrected chi connectivity index (χ1v) is 9.81. The Morgan fingerprint density at radius 2 is 1.79 bits per heavy atom. The number of amides is 3. The molecule has 1 aromatic heterocycles. The number of carbonyl (C=O) groups excluding carboxylic acids is 2. The van der Waals surface area contributed by atoms with Gasteiger partial charge >= 0.3 is 6.03 Å². The number of para-hydroxylation sites is 1. The Morgan fingerprint density at radius 1 is 1.07 bits per heavy atom. The second kappa shape index (κ2) is 8.22. The maximum absolute atomic E-state index is 12.7. The van der Waals surface area contributed by atoms with E-state index in [2.05, 4.69) is 10.4 Å². The number of imide groups is 1. The Balaban J connectivity index is 1.41. The smallest absolute Gasteiger partial charge is 0.324 e. The maximum atomic E-state index is 12.7. The monoisotopic (exact) mass is 416 g/mol. The number of nitrogens with zero attached hydrogens (tertiary/aromatic N) is 5. The molecule has 2 aliphatic rings. The maximum Gasteiger partial charge on any atom is 0.324 e. The topological polar surface area (TPSA) is 90.8 Å². The molecule has 152 valence electrons. The Bertz CT molecular complexity index is 972. The van der Waals surface area contributed by atoms with E-state index >= 15 is 0 Å². The lowest BCUT2D eigenvalue weighted by Gasteiger charge is -2.36. The van der Waals surface area contributed by atoms with Crippen molar-refractivity contribution in [3.63, 3.8) is 0 Å². The molecule has 9 nitrogen and oxygen atoms in total. The molecule has 10 heteroatoms. The number of hydrogen-bond acceptors (Lipinski definition) is 6. The summed E-state index contributed by atoms with van der Waals surface area (Å²) < 4.78 is 1.28. The molecule has 3 amide bonds. The van der Waals surface area contributed by atoms with Gasteiger partial charge < -0.3 is 10.2 Å². The lowest BCUT2D eigenvalue weighted by molar-refractivity contribution is -0.128. The molecular formula is C19H21ClN6O3. The van der Waals surface area contributed by atoms with Gasteiger partial charge in [0.15, 0.2) is 0 Å². The van der Waals surface area contributed by atoms with E-state index < -0.39 is 0 Å². The average molecular weight is 417 g/mol. The van der Waals surface area contributed by atoms with Crippen molar-refractivity contribution in [3.8, 4) is 5.69 Å². The highest BCUT2D eigenvalue weighted by Crippen LogP contribution is 2.23. The first-order chi connectivity index (χ1) is 14.0. The molecule has 0 bridgehead atoms. The zero-order valence-corrected chi connectivity index (χ0v) is 16.5. The molecule has 0 aliphatic carbocycles. The Labute approximate surface area is 172 Å². The molecule has 0 saturated carbocycles. The number of aromatic nitrogens is 2. The van der Waals surface area contributed by atoms with Crippen LogP contribution in [0, 0.1) is 0 Å². The quantitative estimate of drug-likeness (QED) is 0.783. The van der Waals surface area contributed by atoms with E-state index in [1.165, 1.54) is 9.58 Å². The van der Waals surface area contributed by atoms with Gasteiger partial charge in [0.1, 0.15) is 5.02 Å². The fourth-order valence-corrected chi connectivity index (χ4v) is 3.78. The first kappa shape index (κ1) is 19.4. The second-order valence-corrected chi connectivity index (χ2v) is 7.31. The van der Waals surface area contributed by atoms with E-state index in [-0.39, 0.29) is 29.1 Å². The number of carbonyl (C=O) groups is 2. The van der Waals surface area contributed by atoms with Gasteiger partial charge in [0.2, 0.25) is 5.91 Å². The van der Waals surface area contributed by atoms with Gasteiger partial charge in [0, 0.05) is 39.3 Å². The van der Waals surface area contributed by atoms with E-state index in [1.54, 1.807) is 18.3 Å². The minimum absolute atomic E-state index is 0.127. The van der Waals surface area contributed by atoms with Crippen molar-refractivity contribution in [1.29, 1.82) is 0 Å². The predicted octanol–water partition coefficient (Wildman–Crippen LogP) is 0.560. The van der Waals surface area contributed by atoms with Crippen molar-refractivity contribution >= 4 is 29.2 Å². The van der Waals surface area contributed by atoms with Gasteiger partial charge in [0.05, 0.1) is 24.1 Å². The number of urea groups is 1. The van der Waals surface area contributed by atoms with Crippen molar-refractivity contribution in [2.45, 2.75) is 0 Å². The molecule has 0 atom stereocenters. The second-order valence-electron chi connectivity index (χ2n) is 6.94. The predicted molar refractivity (Wildman–Crippen MR) is 109 cm³/mol. The summed E-state index contributed by atoms with van der Waals surface area (Å²) in [4.78, 5) is 41.8. The number of benzene rings is 1. The number of hydrogen-bond donors (Lipinski definition) is 1. The van der Waals surface area contributed by atoms with E-state index in [1.807, 2.05) is 28.0 Å². The number of nitrogens with one attached hydrogen (secondary N) is 1.